The SMILES string of the molecule is O=C(O)O.O=C(O)O.[Ba].[Pd]. The van der Waals surface area contributed by atoms with E-state index in [1.807, 2.05) is 0 Å². The molecule has 6 nitrogen and oxygen atoms in total. The summed E-state index contributed by atoms with van der Waals surface area (Å²) in [5.41, 5.74) is 0. The van der Waals surface area contributed by atoms with Crippen LogP contribution in [0.4, 0.5) is 9.59 Å². The van der Waals surface area contributed by atoms with Crippen LogP contribution in [0.3, 0.4) is 0 Å². The first-order chi connectivity index (χ1) is 3.46. The van der Waals surface area contributed by atoms with E-state index in [9.17, 15) is 0 Å². The van der Waals surface area contributed by atoms with Crippen LogP contribution < -0.4 is 0 Å². The average Bonchev–Trinajstić information content (AvgIpc) is 1.25. The molecular weight excluding hydrogens is 364 g/mol. The Morgan fingerprint density at radius 2 is 0.800 bits per heavy atom. The van der Waals surface area contributed by atoms with Gasteiger partial charge < -0.3 is 20.4 Å². The minimum atomic E-state index is -1.83. The Hall–Kier alpha value is 0.774. The molecule has 0 atom stereocenters. The molecule has 0 aliphatic rings. The first kappa shape index (κ1) is 22.4. The summed E-state index contributed by atoms with van der Waals surface area (Å²) < 4.78 is 0. The molecule has 0 bridgehead atoms. The van der Waals surface area contributed by atoms with E-state index in [-0.39, 0.29) is 69.3 Å². The maximum absolute atomic E-state index is 8.56. The van der Waals surface area contributed by atoms with Crippen molar-refractivity contribution in [3.8, 4) is 0 Å². The van der Waals surface area contributed by atoms with Crippen molar-refractivity contribution in [1.29, 1.82) is 0 Å². The number of carbonyl (C=O) groups is 2. The van der Waals surface area contributed by atoms with Crippen LogP contribution in [0, 0.1) is 0 Å². The van der Waals surface area contributed by atoms with Crippen molar-refractivity contribution in [2.75, 3.05) is 0 Å². The number of rotatable bonds is 0. The van der Waals surface area contributed by atoms with E-state index in [2.05, 4.69) is 0 Å². The molecule has 0 saturated carbocycles. The third kappa shape index (κ3) is 886. The first-order valence-electron chi connectivity index (χ1n) is 1.30. The molecule has 2 radical (unpaired) electrons. The van der Waals surface area contributed by atoms with Crippen LogP contribution >= 0.6 is 0 Å². The predicted molar refractivity (Wildman–Crippen MR) is 27.1 cm³/mol. The summed E-state index contributed by atoms with van der Waals surface area (Å²) in [6.45, 7) is 0. The summed E-state index contributed by atoms with van der Waals surface area (Å²) in [5, 5.41) is 27.9. The Morgan fingerprint density at radius 1 is 0.800 bits per heavy atom. The molecule has 10 heavy (non-hydrogen) atoms. The Balaban J connectivity index is -0.0000000300. The maximum Gasteiger partial charge on any atom is 0.503 e. The maximum atomic E-state index is 8.56. The first-order valence-corrected chi connectivity index (χ1v) is 1.30. The van der Waals surface area contributed by atoms with Crippen molar-refractivity contribution < 1.29 is 50.4 Å². The Kier molecular flexibility index (Phi) is 36.8. The minimum absolute atomic E-state index is 0. The Labute approximate surface area is 110 Å². The molecule has 0 fully saturated rings. The molecule has 4 N–H and O–H groups in total. The smallest absolute Gasteiger partial charge is 0.450 e. The fourth-order valence-electron chi connectivity index (χ4n) is 0. The van der Waals surface area contributed by atoms with Gasteiger partial charge in [0.15, 0.2) is 0 Å². The second-order valence-electron chi connectivity index (χ2n) is 0.565. The summed E-state index contributed by atoms with van der Waals surface area (Å²) >= 11 is 0. The van der Waals surface area contributed by atoms with Crippen LogP contribution in [0.2, 0.25) is 0 Å². The zero-order chi connectivity index (χ0) is 7.15. The molecule has 0 aliphatic heterocycles. The third-order valence-corrected chi connectivity index (χ3v) is 0. The average molecular weight is 368 g/mol. The third-order valence-electron chi connectivity index (χ3n) is 0. The molecule has 0 aromatic carbocycles. The van der Waals surface area contributed by atoms with E-state index in [1.165, 1.54) is 0 Å². The molecule has 0 rings (SSSR count). The molecule has 0 aliphatic carbocycles. The van der Waals surface area contributed by atoms with Gasteiger partial charge in [-0.15, -0.1) is 0 Å². The van der Waals surface area contributed by atoms with E-state index in [0.29, 0.717) is 0 Å². The van der Waals surface area contributed by atoms with Gasteiger partial charge in [-0.25, -0.2) is 9.59 Å². The molecule has 0 amide bonds. The van der Waals surface area contributed by atoms with Crippen LogP contribution in [-0.2, 0) is 20.4 Å². The summed E-state index contributed by atoms with van der Waals surface area (Å²) in [4.78, 5) is 17.1. The summed E-state index contributed by atoms with van der Waals surface area (Å²) in [6, 6.07) is 0. The van der Waals surface area contributed by atoms with Crippen molar-refractivity contribution >= 4 is 61.2 Å². The molecule has 0 aromatic rings. The van der Waals surface area contributed by atoms with Crippen LogP contribution in [0.15, 0.2) is 0 Å². The zero-order valence-electron chi connectivity index (χ0n) is 4.63. The van der Waals surface area contributed by atoms with Gasteiger partial charge in [0, 0.05) is 69.3 Å². The van der Waals surface area contributed by atoms with Gasteiger partial charge in [0.25, 0.3) is 0 Å². The van der Waals surface area contributed by atoms with Crippen molar-refractivity contribution in [3.63, 3.8) is 0 Å². The molecule has 0 spiro atoms. The van der Waals surface area contributed by atoms with Crippen molar-refractivity contribution in [1.82, 2.24) is 0 Å². The van der Waals surface area contributed by atoms with Gasteiger partial charge in [0.05, 0.1) is 0 Å². The van der Waals surface area contributed by atoms with Crippen molar-refractivity contribution in [3.05, 3.63) is 0 Å². The van der Waals surface area contributed by atoms with E-state index < -0.39 is 12.3 Å². The summed E-state index contributed by atoms with van der Waals surface area (Å²) in [5.74, 6) is 0. The quantitative estimate of drug-likeness (QED) is 0.450. The van der Waals surface area contributed by atoms with E-state index in [1.54, 1.807) is 0 Å². The fourth-order valence-corrected chi connectivity index (χ4v) is 0. The molecule has 0 saturated heterocycles. The largest absolute Gasteiger partial charge is 0.503 e. The second kappa shape index (κ2) is 16.4. The number of hydrogen-bond acceptors (Lipinski definition) is 2. The minimum Gasteiger partial charge on any atom is -0.450 e. The van der Waals surface area contributed by atoms with Crippen LogP contribution in [0.1, 0.15) is 0 Å². The van der Waals surface area contributed by atoms with Crippen LogP contribution in [0.5, 0.6) is 0 Å². The second-order valence-corrected chi connectivity index (χ2v) is 0.565. The van der Waals surface area contributed by atoms with E-state index in [0.717, 1.165) is 0 Å². The molecule has 0 aromatic heterocycles. The Bertz CT molecular complexity index is 73.7. The van der Waals surface area contributed by atoms with Gasteiger partial charge in [-0.1, -0.05) is 0 Å². The van der Waals surface area contributed by atoms with Gasteiger partial charge in [-0.2, -0.15) is 0 Å². The monoisotopic (exact) mass is 368 g/mol. The zero-order valence-corrected chi connectivity index (χ0v) is 10.6. The standard InChI is InChI=1S/2CH2O3.Ba.Pd/c2*2-1(3)4;;/h2*(H2,2,3,4);;. The van der Waals surface area contributed by atoms with Crippen LogP contribution in [0.25, 0.3) is 0 Å². The van der Waals surface area contributed by atoms with Gasteiger partial charge >= 0.3 is 12.3 Å². The summed E-state index contributed by atoms with van der Waals surface area (Å²) in [7, 11) is 0. The number of hydrogen-bond donors (Lipinski definition) is 4. The molecule has 0 heterocycles. The van der Waals surface area contributed by atoms with Gasteiger partial charge in [-0.05, 0) is 0 Å². The fraction of sp³-hybridized carbons (Fsp3) is 0. The van der Waals surface area contributed by atoms with Gasteiger partial charge in [-0.3, -0.25) is 0 Å². The normalized spacial score (nSPS) is 4.80. The molecular formula is C2H4BaO6Pd. The number of carboxylic acid groups (broad SMARTS) is 4. The van der Waals surface area contributed by atoms with E-state index in [4.69, 9.17) is 30.0 Å². The van der Waals surface area contributed by atoms with Crippen molar-refractivity contribution in [2.24, 2.45) is 0 Å². The topological polar surface area (TPSA) is 115 Å². The Morgan fingerprint density at radius 3 is 0.800 bits per heavy atom. The molecule has 8 heteroatoms. The van der Waals surface area contributed by atoms with Crippen LogP contribution in [-0.4, -0.2) is 81.6 Å². The summed E-state index contributed by atoms with van der Waals surface area (Å²) in [6.07, 6.45) is -3.67. The van der Waals surface area contributed by atoms with Gasteiger partial charge in [0.1, 0.15) is 0 Å². The van der Waals surface area contributed by atoms with Crippen molar-refractivity contribution in [2.45, 2.75) is 0 Å². The predicted octanol–water partition coefficient (Wildman–Crippen LogP) is 0.0615. The van der Waals surface area contributed by atoms with Gasteiger partial charge in [0.2, 0.25) is 0 Å². The van der Waals surface area contributed by atoms with E-state index >= 15 is 0 Å². The molecule has 0 unspecified atom stereocenters. The molecule has 60 valence electrons.